The van der Waals surface area contributed by atoms with E-state index in [2.05, 4.69) is 35.1 Å². The summed E-state index contributed by atoms with van der Waals surface area (Å²) in [7, 11) is 0. The molecule has 1 unspecified atom stereocenters. The molecule has 0 bridgehead atoms. The second-order valence-corrected chi connectivity index (χ2v) is 4.76. The molecule has 1 rings (SSSR count). The molecular weight excluding hydrogens is 278 g/mol. The summed E-state index contributed by atoms with van der Waals surface area (Å²) in [5, 5.41) is 3.89. The minimum absolute atomic E-state index is 0.0337. The van der Waals surface area contributed by atoms with Crippen LogP contribution >= 0.6 is 15.9 Å². The molecule has 3 heteroatoms. The van der Waals surface area contributed by atoms with Crippen molar-refractivity contribution in [1.82, 2.24) is 5.32 Å². The van der Waals surface area contributed by atoms with Gasteiger partial charge >= 0.3 is 0 Å². The van der Waals surface area contributed by atoms with Gasteiger partial charge in [-0.25, -0.2) is 0 Å². The van der Waals surface area contributed by atoms with Gasteiger partial charge in [-0.05, 0) is 30.5 Å². The van der Waals surface area contributed by atoms with Gasteiger partial charge in [0.25, 0.3) is 5.91 Å². The van der Waals surface area contributed by atoms with Crippen molar-refractivity contribution >= 4 is 21.8 Å². The summed E-state index contributed by atoms with van der Waals surface area (Å²) >= 11 is 3.39. The molecule has 17 heavy (non-hydrogen) atoms. The van der Waals surface area contributed by atoms with Gasteiger partial charge in [0.05, 0.1) is 0 Å². The van der Waals surface area contributed by atoms with Crippen LogP contribution in [0.3, 0.4) is 0 Å². The van der Waals surface area contributed by atoms with E-state index < -0.39 is 0 Å². The zero-order valence-electron chi connectivity index (χ0n) is 10.5. The molecule has 0 aromatic heterocycles. The maximum Gasteiger partial charge on any atom is 0.251 e. The lowest BCUT2D eigenvalue weighted by Gasteiger charge is -2.16. The first-order chi connectivity index (χ1) is 8.21. The zero-order valence-corrected chi connectivity index (χ0v) is 12.1. The van der Waals surface area contributed by atoms with E-state index in [-0.39, 0.29) is 5.91 Å². The highest BCUT2D eigenvalue weighted by Gasteiger charge is 2.10. The summed E-state index contributed by atoms with van der Waals surface area (Å²) in [6, 6.07) is 8.01. The molecule has 0 fully saturated rings. The summed E-state index contributed by atoms with van der Waals surface area (Å²) in [5.74, 6) is 0.0337. The highest BCUT2D eigenvalue weighted by Crippen LogP contribution is 2.09. The number of benzene rings is 1. The number of rotatable bonds is 6. The molecule has 0 aliphatic heterocycles. The molecule has 0 heterocycles. The maximum absolute atomic E-state index is 12.0. The van der Waals surface area contributed by atoms with Crippen LogP contribution in [-0.4, -0.2) is 11.9 Å². The van der Waals surface area contributed by atoms with Crippen molar-refractivity contribution in [3.05, 3.63) is 35.4 Å². The van der Waals surface area contributed by atoms with Crippen molar-refractivity contribution < 1.29 is 4.79 Å². The number of amides is 1. The minimum Gasteiger partial charge on any atom is -0.349 e. The van der Waals surface area contributed by atoms with Crippen molar-refractivity contribution in [2.24, 2.45) is 0 Å². The second kappa shape index (κ2) is 7.49. The molecule has 2 nitrogen and oxygen atoms in total. The molecule has 1 aromatic rings. The number of alkyl halides is 1. The lowest BCUT2D eigenvalue weighted by atomic mass is 10.1. The van der Waals surface area contributed by atoms with Crippen molar-refractivity contribution in [2.45, 2.75) is 44.5 Å². The molecular formula is C14H20BrNO. The van der Waals surface area contributed by atoms with Crippen LogP contribution in [-0.2, 0) is 5.33 Å². The van der Waals surface area contributed by atoms with Crippen LogP contribution < -0.4 is 5.32 Å². The third-order valence-corrected chi connectivity index (χ3v) is 3.48. The quantitative estimate of drug-likeness (QED) is 0.793. The summed E-state index contributed by atoms with van der Waals surface area (Å²) in [5.41, 5.74) is 1.92. The molecule has 0 aliphatic carbocycles. The first-order valence-corrected chi connectivity index (χ1v) is 7.29. The molecule has 1 atom stereocenters. The van der Waals surface area contributed by atoms with Gasteiger partial charge in [-0.3, -0.25) is 4.79 Å². The van der Waals surface area contributed by atoms with Gasteiger partial charge in [0, 0.05) is 16.9 Å². The van der Waals surface area contributed by atoms with Gasteiger partial charge < -0.3 is 5.32 Å². The van der Waals surface area contributed by atoms with Crippen LogP contribution in [0.25, 0.3) is 0 Å². The van der Waals surface area contributed by atoms with Gasteiger partial charge in [0.2, 0.25) is 0 Å². The standard InChI is InChI=1S/C14H20BrNO/c1-3-5-13(4-2)16-14(17)12-8-6-11(10-15)7-9-12/h6-9,13H,3-5,10H2,1-2H3,(H,16,17). The van der Waals surface area contributed by atoms with E-state index in [9.17, 15) is 4.79 Å². The van der Waals surface area contributed by atoms with Gasteiger partial charge in [-0.15, -0.1) is 0 Å². The molecule has 0 radical (unpaired) electrons. The number of hydrogen-bond acceptors (Lipinski definition) is 1. The Kier molecular flexibility index (Phi) is 6.27. The molecule has 1 N–H and O–H groups in total. The lowest BCUT2D eigenvalue weighted by molar-refractivity contribution is 0.0933. The smallest absolute Gasteiger partial charge is 0.251 e. The molecule has 94 valence electrons. The van der Waals surface area contributed by atoms with E-state index >= 15 is 0 Å². The first kappa shape index (κ1) is 14.2. The molecule has 1 aromatic carbocycles. The van der Waals surface area contributed by atoms with Crippen molar-refractivity contribution in [1.29, 1.82) is 0 Å². The van der Waals surface area contributed by atoms with Crippen LogP contribution in [0.4, 0.5) is 0 Å². The highest BCUT2D eigenvalue weighted by molar-refractivity contribution is 9.08. The van der Waals surface area contributed by atoms with Crippen LogP contribution in [0.1, 0.15) is 49.0 Å². The molecule has 0 saturated carbocycles. The normalized spacial score (nSPS) is 12.2. The maximum atomic E-state index is 12.0. The summed E-state index contributed by atoms with van der Waals surface area (Å²) < 4.78 is 0. The van der Waals surface area contributed by atoms with Crippen molar-refractivity contribution in [3.8, 4) is 0 Å². The Morgan fingerprint density at radius 2 is 1.94 bits per heavy atom. The summed E-state index contributed by atoms with van der Waals surface area (Å²) in [6.07, 6.45) is 3.13. The second-order valence-electron chi connectivity index (χ2n) is 4.20. The van der Waals surface area contributed by atoms with Gasteiger partial charge in [-0.2, -0.15) is 0 Å². The van der Waals surface area contributed by atoms with Crippen LogP contribution in [0.15, 0.2) is 24.3 Å². The van der Waals surface area contributed by atoms with Crippen LogP contribution in [0.5, 0.6) is 0 Å². The Bertz CT molecular complexity index is 348. The fourth-order valence-electron chi connectivity index (χ4n) is 1.74. The van der Waals surface area contributed by atoms with Crippen LogP contribution in [0.2, 0.25) is 0 Å². The lowest BCUT2D eigenvalue weighted by Crippen LogP contribution is -2.34. The summed E-state index contributed by atoms with van der Waals surface area (Å²) in [6.45, 7) is 4.24. The fraction of sp³-hybridized carbons (Fsp3) is 0.500. The third-order valence-electron chi connectivity index (χ3n) is 2.84. The Morgan fingerprint density at radius 1 is 1.29 bits per heavy atom. The van der Waals surface area contributed by atoms with E-state index in [0.29, 0.717) is 6.04 Å². The van der Waals surface area contributed by atoms with E-state index in [1.165, 1.54) is 5.56 Å². The Hall–Kier alpha value is -0.830. The first-order valence-electron chi connectivity index (χ1n) is 6.17. The average molecular weight is 298 g/mol. The van der Waals surface area contributed by atoms with E-state index in [4.69, 9.17) is 0 Å². The molecule has 1 amide bonds. The topological polar surface area (TPSA) is 29.1 Å². The average Bonchev–Trinajstić information content (AvgIpc) is 2.38. The van der Waals surface area contributed by atoms with Crippen molar-refractivity contribution in [2.75, 3.05) is 0 Å². The number of hydrogen-bond donors (Lipinski definition) is 1. The van der Waals surface area contributed by atoms with E-state index in [0.717, 1.165) is 30.2 Å². The summed E-state index contributed by atoms with van der Waals surface area (Å²) in [4.78, 5) is 12.0. The van der Waals surface area contributed by atoms with Gasteiger partial charge in [0.15, 0.2) is 0 Å². The van der Waals surface area contributed by atoms with Crippen molar-refractivity contribution in [3.63, 3.8) is 0 Å². The van der Waals surface area contributed by atoms with Gasteiger partial charge in [0.1, 0.15) is 0 Å². The fourth-order valence-corrected chi connectivity index (χ4v) is 2.11. The van der Waals surface area contributed by atoms with Crippen LogP contribution in [0, 0.1) is 0 Å². The largest absolute Gasteiger partial charge is 0.349 e. The number of nitrogens with one attached hydrogen (secondary N) is 1. The van der Waals surface area contributed by atoms with Gasteiger partial charge in [-0.1, -0.05) is 48.3 Å². The van der Waals surface area contributed by atoms with E-state index in [1.807, 2.05) is 24.3 Å². The molecule has 0 saturated heterocycles. The number of carbonyl (C=O) groups is 1. The minimum atomic E-state index is 0.0337. The molecule has 0 spiro atoms. The Morgan fingerprint density at radius 3 is 2.41 bits per heavy atom. The van der Waals surface area contributed by atoms with E-state index in [1.54, 1.807) is 0 Å². The number of carbonyl (C=O) groups excluding carboxylic acids is 1. The number of halogens is 1. The Labute approximate surface area is 112 Å². The predicted octanol–water partition coefficient (Wildman–Crippen LogP) is 3.89. The zero-order chi connectivity index (χ0) is 12.7. The monoisotopic (exact) mass is 297 g/mol. The molecule has 0 aliphatic rings. The highest BCUT2D eigenvalue weighted by atomic mass is 79.9. The predicted molar refractivity (Wildman–Crippen MR) is 75.5 cm³/mol. The Balaban J connectivity index is 2.62. The third kappa shape index (κ3) is 4.50. The SMILES string of the molecule is CCCC(CC)NC(=O)c1ccc(CBr)cc1.